The lowest BCUT2D eigenvalue weighted by molar-refractivity contribution is 0.0598. The highest BCUT2D eigenvalue weighted by molar-refractivity contribution is 7.99. The van der Waals surface area contributed by atoms with E-state index in [0.29, 0.717) is 38.0 Å². The first-order valence-corrected chi connectivity index (χ1v) is 15.1. The average Bonchev–Trinajstić information content (AvgIpc) is 3.47. The van der Waals surface area contributed by atoms with Crippen LogP contribution in [0.5, 0.6) is 0 Å². The van der Waals surface area contributed by atoms with E-state index in [1.54, 1.807) is 34.3 Å². The second-order valence-electron chi connectivity index (χ2n) is 9.92. The zero-order valence-corrected chi connectivity index (χ0v) is 26.1. The van der Waals surface area contributed by atoms with Gasteiger partial charge in [0.25, 0.3) is 5.56 Å². The molecule has 5 aromatic rings. The van der Waals surface area contributed by atoms with Crippen LogP contribution < -0.4 is 5.56 Å². The van der Waals surface area contributed by atoms with Crippen LogP contribution in [0.15, 0.2) is 64.5 Å². The fourth-order valence-corrected chi connectivity index (χ4v) is 7.01. The van der Waals surface area contributed by atoms with Crippen LogP contribution in [0.25, 0.3) is 21.6 Å². The fraction of sp³-hybridized carbons (Fsp3) is 0.219. The molecule has 0 aliphatic heterocycles. The second kappa shape index (κ2) is 12.0. The summed E-state index contributed by atoms with van der Waals surface area (Å²) in [4.78, 5) is 58.5. The molecule has 43 heavy (non-hydrogen) atoms. The third-order valence-electron chi connectivity index (χ3n) is 7.27. The van der Waals surface area contributed by atoms with Gasteiger partial charge in [-0.1, -0.05) is 30.0 Å². The largest absolute Gasteiger partial charge is 0.465 e. The molecule has 11 heteroatoms. The molecule has 0 atom stereocenters. The van der Waals surface area contributed by atoms with Gasteiger partial charge in [0.05, 0.1) is 42.2 Å². The van der Waals surface area contributed by atoms with Gasteiger partial charge >= 0.3 is 11.9 Å². The van der Waals surface area contributed by atoms with Gasteiger partial charge in [-0.05, 0) is 69.7 Å². The number of aromatic nitrogens is 3. The number of hydrogen-bond acceptors (Lipinski definition) is 9. The number of methoxy groups -OCH3 is 2. The lowest BCUT2D eigenvalue weighted by atomic mass is 10.1. The summed E-state index contributed by atoms with van der Waals surface area (Å²) in [6.45, 7) is 7.53. The van der Waals surface area contributed by atoms with Crippen molar-refractivity contribution < 1.29 is 23.9 Å². The maximum atomic E-state index is 13.7. The number of esters is 2. The van der Waals surface area contributed by atoms with Crippen LogP contribution in [0.1, 0.15) is 52.9 Å². The zero-order chi connectivity index (χ0) is 31.0. The van der Waals surface area contributed by atoms with Crippen molar-refractivity contribution in [2.24, 2.45) is 0 Å². The Labute approximate surface area is 256 Å². The molecule has 0 saturated carbocycles. The summed E-state index contributed by atoms with van der Waals surface area (Å²) in [6, 6.07) is 15.6. The number of rotatable bonds is 8. The SMILES string of the molecule is COC(=O)c1cc(C(=O)OC)cc(-n2c(C)cc(C(=O)CSc3nc4sc(C)c(C)c4c(=O)n3-c3ccccc3)c2C)c1. The van der Waals surface area contributed by atoms with Crippen molar-refractivity contribution in [2.45, 2.75) is 32.9 Å². The molecule has 0 N–H and O–H groups in total. The van der Waals surface area contributed by atoms with Crippen molar-refractivity contribution in [1.82, 2.24) is 14.1 Å². The topological polar surface area (TPSA) is 109 Å². The Bertz CT molecular complexity index is 1940. The van der Waals surface area contributed by atoms with Gasteiger partial charge in [-0.25, -0.2) is 14.6 Å². The summed E-state index contributed by atoms with van der Waals surface area (Å²) < 4.78 is 13.1. The number of thiophene rings is 1. The Morgan fingerprint density at radius 1 is 0.860 bits per heavy atom. The molecule has 0 amide bonds. The van der Waals surface area contributed by atoms with Crippen LogP contribution >= 0.6 is 23.1 Å². The van der Waals surface area contributed by atoms with Gasteiger partial charge in [-0.15, -0.1) is 11.3 Å². The Hall–Kier alpha value is -4.48. The van der Waals surface area contributed by atoms with Crippen LogP contribution in [0, 0.1) is 27.7 Å². The highest BCUT2D eigenvalue weighted by atomic mass is 32.2. The highest BCUT2D eigenvalue weighted by Gasteiger charge is 2.23. The minimum atomic E-state index is -0.604. The van der Waals surface area contributed by atoms with Gasteiger partial charge in [-0.3, -0.25) is 14.2 Å². The monoisotopic (exact) mass is 615 g/mol. The van der Waals surface area contributed by atoms with E-state index < -0.39 is 11.9 Å². The van der Waals surface area contributed by atoms with Gasteiger partial charge in [-0.2, -0.15) is 0 Å². The van der Waals surface area contributed by atoms with E-state index in [0.717, 1.165) is 16.1 Å². The summed E-state index contributed by atoms with van der Waals surface area (Å²) in [5, 5.41) is 1.02. The Kier molecular flexibility index (Phi) is 8.38. The molecule has 0 aliphatic carbocycles. The van der Waals surface area contributed by atoms with Crippen molar-refractivity contribution in [3.63, 3.8) is 0 Å². The number of carbonyl (C=O) groups is 3. The lowest BCUT2D eigenvalue weighted by Gasteiger charge is -2.13. The molecule has 0 aliphatic rings. The number of nitrogens with zero attached hydrogens (tertiary/aromatic N) is 3. The van der Waals surface area contributed by atoms with E-state index in [1.165, 1.54) is 43.4 Å². The molecule has 9 nitrogen and oxygen atoms in total. The van der Waals surface area contributed by atoms with Crippen molar-refractivity contribution in [3.05, 3.63) is 103 Å². The molecule has 0 spiro atoms. The molecule has 0 bridgehead atoms. The molecular weight excluding hydrogens is 587 g/mol. The normalized spacial score (nSPS) is 11.1. The lowest BCUT2D eigenvalue weighted by Crippen LogP contribution is -2.22. The number of ketones is 1. The standard InChI is InChI=1S/C32H29N3O6S2/c1-17-12-25(19(3)34(17)24-14-21(30(38)40-5)13-22(15-24)31(39)41-6)26(36)16-42-32-33-28-27(18(2)20(4)43-28)29(37)35(32)23-10-8-7-9-11-23/h7-15H,16H2,1-6H3. The summed E-state index contributed by atoms with van der Waals surface area (Å²) in [5.74, 6) is -1.33. The number of hydrogen-bond donors (Lipinski definition) is 0. The van der Waals surface area contributed by atoms with Crippen molar-refractivity contribution in [1.29, 1.82) is 0 Å². The zero-order valence-electron chi connectivity index (χ0n) is 24.5. The number of para-hydroxylation sites is 1. The first-order chi connectivity index (χ1) is 20.5. The number of ether oxygens (including phenoxy) is 2. The molecule has 2 aromatic carbocycles. The van der Waals surface area contributed by atoms with E-state index >= 15 is 0 Å². The third-order valence-corrected chi connectivity index (χ3v) is 9.31. The quantitative estimate of drug-likeness (QED) is 0.0903. The van der Waals surface area contributed by atoms with Crippen molar-refractivity contribution in [3.8, 4) is 11.4 Å². The molecule has 220 valence electrons. The van der Waals surface area contributed by atoms with Crippen LogP contribution in [0.3, 0.4) is 0 Å². The summed E-state index contributed by atoms with van der Waals surface area (Å²) in [6.07, 6.45) is 0. The van der Waals surface area contributed by atoms with Crippen LogP contribution in [-0.2, 0) is 9.47 Å². The third kappa shape index (κ3) is 5.53. The summed E-state index contributed by atoms with van der Waals surface area (Å²) >= 11 is 2.67. The Balaban J connectivity index is 1.52. The number of carbonyl (C=O) groups excluding carboxylic acids is 3. The second-order valence-corrected chi connectivity index (χ2v) is 12.1. The predicted octanol–water partition coefficient (Wildman–Crippen LogP) is 6.02. The molecule has 0 saturated heterocycles. The molecule has 5 rings (SSSR count). The summed E-state index contributed by atoms with van der Waals surface area (Å²) in [7, 11) is 2.52. The number of benzene rings is 2. The predicted molar refractivity (Wildman–Crippen MR) is 168 cm³/mol. The maximum absolute atomic E-state index is 13.7. The van der Waals surface area contributed by atoms with E-state index in [4.69, 9.17) is 14.5 Å². The first kappa shape index (κ1) is 30.0. The molecule has 3 aromatic heterocycles. The van der Waals surface area contributed by atoms with Crippen LogP contribution in [0.4, 0.5) is 0 Å². The van der Waals surface area contributed by atoms with Crippen molar-refractivity contribution in [2.75, 3.05) is 20.0 Å². The maximum Gasteiger partial charge on any atom is 0.337 e. The van der Waals surface area contributed by atoms with Crippen LogP contribution in [0.2, 0.25) is 0 Å². The highest BCUT2D eigenvalue weighted by Crippen LogP contribution is 2.31. The molecule has 0 unspecified atom stereocenters. The minimum absolute atomic E-state index is 0.0357. The van der Waals surface area contributed by atoms with Gasteiger partial charge in [0, 0.05) is 27.5 Å². The Morgan fingerprint density at radius 2 is 1.49 bits per heavy atom. The number of aryl methyl sites for hydroxylation is 3. The van der Waals surface area contributed by atoms with E-state index in [2.05, 4.69) is 0 Å². The summed E-state index contributed by atoms with van der Waals surface area (Å²) in [5.41, 5.74) is 4.12. The Morgan fingerprint density at radius 3 is 2.09 bits per heavy atom. The van der Waals surface area contributed by atoms with E-state index in [-0.39, 0.29) is 28.2 Å². The van der Waals surface area contributed by atoms with Gasteiger partial charge in [0.15, 0.2) is 10.9 Å². The van der Waals surface area contributed by atoms with E-state index in [1.807, 2.05) is 51.1 Å². The van der Waals surface area contributed by atoms with Crippen molar-refractivity contribution >= 4 is 51.0 Å². The smallest absolute Gasteiger partial charge is 0.337 e. The molecule has 3 heterocycles. The number of thioether (sulfide) groups is 1. The fourth-order valence-electron chi connectivity index (χ4n) is 5.04. The van der Waals surface area contributed by atoms with Gasteiger partial charge in [0.1, 0.15) is 4.83 Å². The molecule has 0 radical (unpaired) electrons. The number of fused-ring (bicyclic) bond motifs is 1. The van der Waals surface area contributed by atoms with Gasteiger partial charge in [0.2, 0.25) is 0 Å². The molecule has 0 fully saturated rings. The minimum Gasteiger partial charge on any atom is -0.465 e. The first-order valence-electron chi connectivity index (χ1n) is 13.3. The van der Waals surface area contributed by atoms with Gasteiger partial charge < -0.3 is 14.0 Å². The average molecular weight is 616 g/mol. The molecular formula is C32H29N3O6S2. The van der Waals surface area contributed by atoms with Crippen LogP contribution in [-0.4, -0.2) is 51.8 Å². The van der Waals surface area contributed by atoms with E-state index in [9.17, 15) is 19.2 Å². The number of Topliss-reactive ketones (excluding diaryl/α,β-unsaturated/α-hetero) is 1.